The van der Waals surface area contributed by atoms with Crippen LogP contribution >= 0.6 is 0 Å². The number of aromatic nitrogens is 2. The molecule has 0 aliphatic rings. The first-order valence-electron chi connectivity index (χ1n) is 5.91. The van der Waals surface area contributed by atoms with Crippen LogP contribution in [0.15, 0.2) is 17.3 Å². The van der Waals surface area contributed by atoms with Crippen LogP contribution in [0.4, 0.5) is 8.78 Å². The van der Waals surface area contributed by atoms with Crippen LogP contribution in [0.2, 0.25) is 0 Å². The second-order valence-electron chi connectivity index (χ2n) is 3.95. The molecule has 0 bridgehead atoms. The van der Waals surface area contributed by atoms with E-state index in [0.29, 0.717) is 0 Å². The summed E-state index contributed by atoms with van der Waals surface area (Å²) in [7, 11) is -3.83. The standard InChI is InChI=1S/C10H15F2N3O5S/c11-9(12)7-20-4-2-14-21(18,19)8-5-13-15(6-8)3-1-10(16)17/h5-6,9,14H,1-4,7H2,(H,16,17). The number of carboxylic acid groups (broad SMARTS) is 1. The second kappa shape index (κ2) is 8.00. The molecule has 1 heterocycles. The largest absolute Gasteiger partial charge is 0.481 e. The normalized spacial score (nSPS) is 12.0. The van der Waals surface area contributed by atoms with Crippen LogP contribution in [0, 0.1) is 0 Å². The van der Waals surface area contributed by atoms with E-state index in [4.69, 9.17) is 5.11 Å². The Labute approximate surface area is 119 Å². The number of rotatable bonds is 10. The van der Waals surface area contributed by atoms with E-state index in [2.05, 4.69) is 14.6 Å². The highest BCUT2D eigenvalue weighted by molar-refractivity contribution is 7.89. The average Bonchev–Trinajstić information content (AvgIpc) is 2.85. The molecule has 0 saturated carbocycles. The van der Waals surface area contributed by atoms with E-state index in [0.717, 1.165) is 6.20 Å². The monoisotopic (exact) mass is 327 g/mol. The van der Waals surface area contributed by atoms with Gasteiger partial charge in [0.2, 0.25) is 10.0 Å². The zero-order valence-electron chi connectivity index (χ0n) is 10.9. The SMILES string of the molecule is O=C(O)CCn1cc(S(=O)(=O)NCCOCC(F)F)cn1. The minimum Gasteiger partial charge on any atom is -0.481 e. The molecular weight excluding hydrogens is 312 g/mol. The summed E-state index contributed by atoms with van der Waals surface area (Å²) in [5, 5.41) is 12.2. The molecule has 120 valence electrons. The minimum absolute atomic E-state index is 0.0440. The molecule has 0 amide bonds. The predicted molar refractivity (Wildman–Crippen MR) is 66.5 cm³/mol. The smallest absolute Gasteiger partial charge is 0.305 e. The van der Waals surface area contributed by atoms with Gasteiger partial charge in [-0.05, 0) is 0 Å². The van der Waals surface area contributed by atoms with Crippen molar-refractivity contribution in [2.24, 2.45) is 0 Å². The van der Waals surface area contributed by atoms with Crippen LogP contribution in [0.1, 0.15) is 6.42 Å². The van der Waals surface area contributed by atoms with Gasteiger partial charge in [0.15, 0.2) is 0 Å². The lowest BCUT2D eigenvalue weighted by atomic mass is 10.4. The molecule has 8 nitrogen and oxygen atoms in total. The number of aliphatic carboxylic acids is 1. The van der Waals surface area contributed by atoms with Crippen LogP contribution in [0.3, 0.4) is 0 Å². The summed E-state index contributed by atoms with van der Waals surface area (Å²) < 4.78 is 55.0. The number of aryl methyl sites for hydroxylation is 1. The Morgan fingerprint density at radius 3 is 2.86 bits per heavy atom. The number of halogens is 2. The van der Waals surface area contributed by atoms with Crippen molar-refractivity contribution in [3.05, 3.63) is 12.4 Å². The first-order chi connectivity index (χ1) is 9.81. The lowest BCUT2D eigenvalue weighted by Gasteiger charge is -2.05. The zero-order chi connectivity index (χ0) is 15.9. The molecule has 21 heavy (non-hydrogen) atoms. The van der Waals surface area contributed by atoms with Crippen molar-refractivity contribution in [1.29, 1.82) is 0 Å². The molecule has 11 heteroatoms. The summed E-state index contributed by atoms with van der Waals surface area (Å²) in [6.45, 7) is -1.05. The molecule has 0 atom stereocenters. The van der Waals surface area contributed by atoms with E-state index in [-0.39, 0.29) is 31.0 Å². The van der Waals surface area contributed by atoms with Crippen molar-refractivity contribution in [1.82, 2.24) is 14.5 Å². The number of nitrogens with one attached hydrogen (secondary N) is 1. The topological polar surface area (TPSA) is 111 Å². The number of carboxylic acids is 1. The van der Waals surface area contributed by atoms with Gasteiger partial charge in [-0.1, -0.05) is 0 Å². The minimum atomic E-state index is -3.83. The summed E-state index contributed by atoms with van der Waals surface area (Å²) >= 11 is 0. The fourth-order valence-electron chi connectivity index (χ4n) is 1.32. The number of hydrogen-bond donors (Lipinski definition) is 2. The Bertz CT molecular complexity index is 561. The van der Waals surface area contributed by atoms with E-state index in [1.165, 1.54) is 10.9 Å². The first kappa shape index (κ1) is 17.5. The van der Waals surface area contributed by atoms with Gasteiger partial charge < -0.3 is 9.84 Å². The number of hydrogen-bond acceptors (Lipinski definition) is 5. The maximum atomic E-state index is 11.8. The van der Waals surface area contributed by atoms with Crippen molar-refractivity contribution in [2.45, 2.75) is 24.3 Å². The lowest BCUT2D eigenvalue weighted by Crippen LogP contribution is -2.27. The number of sulfonamides is 1. The van der Waals surface area contributed by atoms with Crippen molar-refractivity contribution in [3.8, 4) is 0 Å². The first-order valence-corrected chi connectivity index (χ1v) is 7.39. The molecule has 0 aromatic carbocycles. The predicted octanol–water partition coefficient (Wildman–Crippen LogP) is -0.0822. The number of carbonyl (C=O) groups is 1. The van der Waals surface area contributed by atoms with Crippen molar-refractivity contribution >= 4 is 16.0 Å². The van der Waals surface area contributed by atoms with Gasteiger partial charge in [-0.2, -0.15) is 5.10 Å². The van der Waals surface area contributed by atoms with Crippen LogP contribution in [0.25, 0.3) is 0 Å². The molecule has 0 aliphatic heterocycles. The van der Waals surface area contributed by atoms with Crippen LogP contribution in [-0.4, -0.2) is 55.5 Å². The van der Waals surface area contributed by atoms with Gasteiger partial charge in [-0.3, -0.25) is 9.48 Å². The molecule has 1 aromatic rings. The Morgan fingerprint density at radius 1 is 1.52 bits per heavy atom. The van der Waals surface area contributed by atoms with Crippen LogP contribution < -0.4 is 4.72 Å². The highest BCUT2D eigenvalue weighted by Gasteiger charge is 2.16. The van der Waals surface area contributed by atoms with Crippen molar-refractivity contribution < 1.29 is 31.8 Å². The molecule has 1 aromatic heterocycles. The summed E-state index contributed by atoms with van der Waals surface area (Å²) in [4.78, 5) is 10.3. The van der Waals surface area contributed by atoms with Gasteiger partial charge in [0.25, 0.3) is 6.43 Å². The molecule has 0 spiro atoms. The molecule has 0 fully saturated rings. The average molecular weight is 327 g/mol. The Morgan fingerprint density at radius 2 is 2.24 bits per heavy atom. The zero-order valence-corrected chi connectivity index (χ0v) is 11.7. The summed E-state index contributed by atoms with van der Waals surface area (Å²) in [6, 6.07) is 0. The molecule has 0 aliphatic carbocycles. The van der Waals surface area contributed by atoms with Gasteiger partial charge in [0, 0.05) is 12.7 Å². The van der Waals surface area contributed by atoms with E-state index >= 15 is 0 Å². The Kier molecular flexibility index (Phi) is 6.65. The summed E-state index contributed by atoms with van der Waals surface area (Å²) in [5.74, 6) is -1.02. The van der Waals surface area contributed by atoms with Crippen molar-refractivity contribution in [3.63, 3.8) is 0 Å². The van der Waals surface area contributed by atoms with Gasteiger partial charge in [-0.25, -0.2) is 21.9 Å². The number of nitrogens with zero attached hydrogens (tertiary/aromatic N) is 2. The third kappa shape index (κ3) is 6.60. The molecule has 0 unspecified atom stereocenters. The third-order valence-corrected chi connectivity index (χ3v) is 3.67. The van der Waals surface area contributed by atoms with E-state index in [9.17, 15) is 22.0 Å². The second-order valence-corrected chi connectivity index (χ2v) is 5.71. The Balaban J connectivity index is 2.45. The van der Waals surface area contributed by atoms with Crippen molar-refractivity contribution in [2.75, 3.05) is 19.8 Å². The Hall–Kier alpha value is -1.59. The van der Waals surface area contributed by atoms with Gasteiger partial charge >= 0.3 is 5.97 Å². The lowest BCUT2D eigenvalue weighted by molar-refractivity contribution is -0.137. The number of alkyl halides is 2. The van der Waals surface area contributed by atoms with Crippen LogP contribution in [-0.2, 0) is 26.1 Å². The van der Waals surface area contributed by atoms with Gasteiger partial charge in [0.05, 0.1) is 25.8 Å². The third-order valence-electron chi connectivity index (χ3n) is 2.26. The molecular formula is C10H15F2N3O5S. The van der Waals surface area contributed by atoms with E-state index in [1.807, 2.05) is 0 Å². The quantitative estimate of drug-likeness (QED) is 0.582. The highest BCUT2D eigenvalue weighted by atomic mass is 32.2. The maximum absolute atomic E-state index is 11.8. The fourth-order valence-corrected chi connectivity index (χ4v) is 2.28. The van der Waals surface area contributed by atoms with Crippen LogP contribution in [0.5, 0.6) is 0 Å². The van der Waals surface area contributed by atoms with Gasteiger partial charge in [0.1, 0.15) is 11.5 Å². The molecule has 0 saturated heterocycles. The van der Waals surface area contributed by atoms with E-state index in [1.54, 1.807) is 0 Å². The summed E-state index contributed by atoms with van der Waals surface area (Å²) in [5.41, 5.74) is 0. The van der Waals surface area contributed by atoms with Gasteiger partial charge in [-0.15, -0.1) is 0 Å². The molecule has 0 radical (unpaired) electrons. The fraction of sp³-hybridized carbons (Fsp3) is 0.600. The molecule has 2 N–H and O–H groups in total. The maximum Gasteiger partial charge on any atom is 0.305 e. The molecule has 1 rings (SSSR count). The summed E-state index contributed by atoms with van der Waals surface area (Å²) in [6.07, 6.45) is -0.528. The van der Waals surface area contributed by atoms with E-state index < -0.39 is 29.0 Å². The number of ether oxygens (including phenoxy) is 1. The highest BCUT2D eigenvalue weighted by Crippen LogP contribution is 2.07.